The molecule has 78 valence electrons. The minimum absolute atomic E-state index is 0.339. The summed E-state index contributed by atoms with van der Waals surface area (Å²) >= 11 is 1.92. The van der Waals surface area contributed by atoms with E-state index >= 15 is 0 Å². The fourth-order valence-corrected chi connectivity index (χ4v) is 3.54. The number of hydrogen-bond donors (Lipinski definition) is 1. The van der Waals surface area contributed by atoms with Crippen LogP contribution in [0.4, 0.5) is 0 Å². The minimum atomic E-state index is 0.339. The van der Waals surface area contributed by atoms with Crippen LogP contribution in [0.25, 0.3) is 10.1 Å². The van der Waals surface area contributed by atoms with Crippen molar-refractivity contribution in [2.24, 2.45) is 5.92 Å². The third-order valence-corrected chi connectivity index (χ3v) is 4.48. The summed E-state index contributed by atoms with van der Waals surface area (Å²) in [4.78, 5) is 1.51. The zero-order valence-corrected chi connectivity index (χ0v) is 9.33. The van der Waals surface area contributed by atoms with Crippen LogP contribution in [0, 0.1) is 5.92 Å². The van der Waals surface area contributed by atoms with Crippen molar-refractivity contribution in [1.29, 1.82) is 0 Å². The van der Waals surface area contributed by atoms with Crippen LogP contribution in [0.5, 0.6) is 0 Å². The first-order valence-electron chi connectivity index (χ1n) is 5.48. The molecule has 0 amide bonds. The lowest BCUT2D eigenvalue weighted by Crippen LogP contribution is -1.85. The number of rotatable bonds is 3. The van der Waals surface area contributed by atoms with Gasteiger partial charge in [0.1, 0.15) is 0 Å². The average Bonchev–Trinajstić information content (AvgIpc) is 2.89. The molecule has 0 saturated heterocycles. The van der Waals surface area contributed by atoms with E-state index in [1.807, 2.05) is 11.3 Å². The van der Waals surface area contributed by atoms with Gasteiger partial charge < -0.3 is 5.11 Å². The van der Waals surface area contributed by atoms with Crippen molar-refractivity contribution in [3.8, 4) is 0 Å². The summed E-state index contributed by atoms with van der Waals surface area (Å²) in [7, 11) is 0. The molecule has 1 aromatic heterocycles. The van der Waals surface area contributed by atoms with E-state index in [1.54, 1.807) is 0 Å². The highest BCUT2D eigenvalue weighted by atomic mass is 32.1. The molecule has 0 aliphatic heterocycles. The zero-order valence-electron chi connectivity index (χ0n) is 8.52. The van der Waals surface area contributed by atoms with E-state index in [9.17, 15) is 0 Å². The Labute approximate surface area is 93.4 Å². The Morgan fingerprint density at radius 1 is 1.33 bits per heavy atom. The smallest absolute Gasteiger partial charge is 0.0433 e. The number of fused-ring (bicyclic) bond motifs is 1. The summed E-state index contributed by atoms with van der Waals surface area (Å²) in [5.74, 6) is 1.47. The SMILES string of the molecule is OCC[C@@H]1C[C@@H]1c1cc2ccccc2s1. The van der Waals surface area contributed by atoms with E-state index in [2.05, 4.69) is 30.3 Å². The maximum absolute atomic E-state index is 8.88. The van der Waals surface area contributed by atoms with Crippen LogP contribution in [0.3, 0.4) is 0 Å². The highest BCUT2D eigenvalue weighted by Crippen LogP contribution is 2.52. The van der Waals surface area contributed by atoms with E-state index in [-0.39, 0.29) is 0 Å². The molecule has 0 spiro atoms. The molecule has 2 atom stereocenters. The second-order valence-corrected chi connectivity index (χ2v) is 5.42. The van der Waals surface area contributed by atoms with Gasteiger partial charge in [0, 0.05) is 16.2 Å². The van der Waals surface area contributed by atoms with Crippen molar-refractivity contribution in [2.75, 3.05) is 6.61 Å². The van der Waals surface area contributed by atoms with Crippen molar-refractivity contribution in [1.82, 2.24) is 0 Å². The summed E-state index contributed by atoms with van der Waals surface area (Å²) in [5, 5.41) is 10.3. The maximum Gasteiger partial charge on any atom is 0.0433 e. The molecule has 0 bridgehead atoms. The molecule has 1 heterocycles. The first kappa shape index (κ1) is 9.37. The Morgan fingerprint density at radius 3 is 3.00 bits per heavy atom. The summed E-state index contributed by atoms with van der Waals surface area (Å²) in [6.07, 6.45) is 2.24. The molecule has 0 radical (unpaired) electrons. The Bertz CT molecular complexity index is 441. The predicted molar refractivity (Wildman–Crippen MR) is 64.4 cm³/mol. The van der Waals surface area contributed by atoms with E-state index in [0.29, 0.717) is 6.61 Å². The maximum atomic E-state index is 8.88. The van der Waals surface area contributed by atoms with Crippen LogP contribution >= 0.6 is 11.3 Å². The molecule has 15 heavy (non-hydrogen) atoms. The van der Waals surface area contributed by atoms with Crippen molar-refractivity contribution in [3.05, 3.63) is 35.2 Å². The van der Waals surface area contributed by atoms with Crippen LogP contribution in [0.15, 0.2) is 30.3 Å². The van der Waals surface area contributed by atoms with Gasteiger partial charge in [-0.3, -0.25) is 0 Å². The van der Waals surface area contributed by atoms with Gasteiger partial charge in [-0.1, -0.05) is 18.2 Å². The standard InChI is InChI=1S/C13H14OS/c14-6-5-9-7-11(9)13-8-10-3-1-2-4-12(10)15-13/h1-4,8-9,11,14H,5-7H2/t9-,11+/m1/s1. The number of thiophene rings is 1. The molecule has 1 aliphatic carbocycles. The van der Waals surface area contributed by atoms with Crippen LogP contribution in [-0.2, 0) is 0 Å². The number of aliphatic hydroxyl groups is 1. The predicted octanol–water partition coefficient (Wildman–Crippen LogP) is 3.39. The van der Waals surface area contributed by atoms with Gasteiger partial charge >= 0.3 is 0 Å². The fraction of sp³-hybridized carbons (Fsp3) is 0.385. The van der Waals surface area contributed by atoms with Crippen LogP contribution < -0.4 is 0 Å². The summed E-state index contributed by atoms with van der Waals surface area (Å²) in [5.41, 5.74) is 0. The molecule has 2 heteroatoms. The lowest BCUT2D eigenvalue weighted by atomic mass is 10.2. The number of hydrogen-bond acceptors (Lipinski definition) is 2. The summed E-state index contributed by atoms with van der Waals surface area (Å²) in [6.45, 7) is 0.339. The molecular weight excluding hydrogens is 204 g/mol. The minimum Gasteiger partial charge on any atom is -0.396 e. The van der Waals surface area contributed by atoms with Crippen LogP contribution in [0.2, 0.25) is 0 Å². The van der Waals surface area contributed by atoms with Gasteiger partial charge in [-0.25, -0.2) is 0 Å². The fourth-order valence-electron chi connectivity index (χ4n) is 2.27. The van der Waals surface area contributed by atoms with E-state index in [1.165, 1.54) is 21.4 Å². The van der Waals surface area contributed by atoms with Crippen molar-refractivity contribution < 1.29 is 5.11 Å². The second kappa shape index (κ2) is 3.62. The largest absolute Gasteiger partial charge is 0.396 e. The third kappa shape index (κ3) is 1.68. The van der Waals surface area contributed by atoms with Gasteiger partial charge in [0.25, 0.3) is 0 Å². The van der Waals surface area contributed by atoms with E-state index < -0.39 is 0 Å². The molecule has 1 N–H and O–H groups in total. The molecule has 2 aromatic rings. The molecule has 1 fully saturated rings. The van der Waals surface area contributed by atoms with Gasteiger partial charge in [0.05, 0.1) is 0 Å². The van der Waals surface area contributed by atoms with Crippen LogP contribution in [-0.4, -0.2) is 11.7 Å². The van der Waals surface area contributed by atoms with Crippen molar-refractivity contribution >= 4 is 21.4 Å². The van der Waals surface area contributed by atoms with Gasteiger partial charge in [-0.15, -0.1) is 11.3 Å². The highest BCUT2D eigenvalue weighted by Gasteiger charge is 2.38. The Kier molecular flexibility index (Phi) is 2.26. The molecule has 0 unspecified atom stereocenters. The normalized spacial score (nSPS) is 24.6. The Hall–Kier alpha value is -0.860. The average molecular weight is 218 g/mol. The van der Waals surface area contributed by atoms with Gasteiger partial charge in [-0.2, -0.15) is 0 Å². The lowest BCUT2D eigenvalue weighted by Gasteiger charge is -1.92. The molecule has 1 aliphatic rings. The van der Waals surface area contributed by atoms with Crippen molar-refractivity contribution in [2.45, 2.75) is 18.8 Å². The van der Waals surface area contributed by atoms with E-state index in [0.717, 1.165) is 18.3 Å². The lowest BCUT2D eigenvalue weighted by molar-refractivity contribution is 0.279. The Balaban J connectivity index is 1.87. The quantitative estimate of drug-likeness (QED) is 0.837. The number of aliphatic hydroxyl groups excluding tert-OH is 1. The second-order valence-electron chi connectivity index (χ2n) is 4.30. The topological polar surface area (TPSA) is 20.2 Å². The Morgan fingerprint density at radius 2 is 2.20 bits per heavy atom. The monoisotopic (exact) mass is 218 g/mol. The first-order valence-corrected chi connectivity index (χ1v) is 6.29. The third-order valence-electron chi connectivity index (χ3n) is 3.23. The molecule has 3 rings (SSSR count). The van der Waals surface area contributed by atoms with E-state index in [4.69, 9.17) is 5.11 Å². The van der Waals surface area contributed by atoms with Gasteiger partial charge in [-0.05, 0) is 42.2 Å². The highest BCUT2D eigenvalue weighted by molar-refractivity contribution is 7.19. The molecular formula is C13H14OS. The van der Waals surface area contributed by atoms with Gasteiger partial charge in [0.15, 0.2) is 0 Å². The summed E-state index contributed by atoms with van der Waals surface area (Å²) < 4.78 is 1.39. The molecule has 1 saturated carbocycles. The number of benzene rings is 1. The van der Waals surface area contributed by atoms with Crippen molar-refractivity contribution in [3.63, 3.8) is 0 Å². The first-order chi connectivity index (χ1) is 7.38. The zero-order chi connectivity index (χ0) is 10.3. The molecule has 1 nitrogen and oxygen atoms in total. The van der Waals surface area contributed by atoms with Crippen LogP contribution in [0.1, 0.15) is 23.6 Å². The summed E-state index contributed by atoms with van der Waals surface area (Å²) in [6, 6.07) is 10.9. The molecule has 1 aromatic carbocycles. The van der Waals surface area contributed by atoms with Gasteiger partial charge in [0.2, 0.25) is 0 Å².